The van der Waals surface area contributed by atoms with E-state index in [2.05, 4.69) is 11.8 Å². The zero-order valence-electron chi connectivity index (χ0n) is 8.81. The second-order valence-electron chi connectivity index (χ2n) is 3.88. The Morgan fingerprint density at radius 3 is 3.07 bits per heavy atom. The molecule has 0 saturated carbocycles. The molecule has 0 aromatic heterocycles. The third-order valence-electron chi connectivity index (χ3n) is 2.99. The summed E-state index contributed by atoms with van der Waals surface area (Å²) >= 11 is 0. The molecule has 0 spiro atoms. The second kappa shape index (κ2) is 3.93. The van der Waals surface area contributed by atoms with Gasteiger partial charge in [0.25, 0.3) is 0 Å². The van der Waals surface area contributed by atoms with Gasteiger partial charge >= 0.3 is 0 Å². The summed E-state index contributed by atoms with van der Waals surface area (Å²) in [6.07, 6.45) is 1.49. The van der Waals surface area contributed by atoms with Gasteiger partial charge in [-0.3, -0.25) is 0 Å². The number of aromatic hydroxyl groups is 1. The van der Waals surface area contributed by atoms with Gasteiger partial charge in [0.15, 0.2) is 0 Å². The summed E-state index contributed by atoms with van der Waals surface area (Å²) in [4.78, 5) is 12.8. The van der Waals surface area contributed by atoms with Crippen LogP contribution >= 0.6 is 0 Å². The van der Waals surface area contributed by atoms with E-state index in [-0.39, 0.29) is 11.7 Å². The minimum Gasteiger partial charge on any atom is -0.508 e. The maximum atomic E-state index is 10.6. The number of rotatable bonds is 3. The van der Waals surface area contributed by atoms with Crippen LogP contribution in [-0.2, 0) is 4.79 Å². The van der Waals surface area contributed by atoms with E-state index in [0.717, 1.165) is 30.6 Å². The standard InChI is InChI=1S/C12H15NO2/c1-2-13-8-9(5-6-14)11-7-10(15)3-4-12(11)13/h3-4,6-7,9,15H,2,5,8H2,1H3. The average molecular weight is 205 g/mol. The van der Waals surface area contributed by atoms with Gasteiger partial charge in [-0.2, -0.15) is 0 Å². The van der Waals surface area contributed by atoms with Crippen LogP contribution in [0.25, 0.3) is 0 Å². The summed E-state index contributed by atoms with van der Waals surface area (Å²) in [7, 11) is 0. The first-order valence-corrected chi connectivity index (χ1v) is 5.27. The van der Waals surface area contributed by atoms with Crippen molar-refractivity contribution >= 4 is 12.0 Å². The van der Waals surface area contributed by atoms with Gasteiger partial charge < -0.3 is 14.8 Å². The minimum atomic E-state index is 0.240. The minimum absolute atomic E-state index is 0.240. The molecule has 1 unspecified atom stereocenters. The normalized spacial score (nSPS) is 19.0. The molecule has 1 aromatic rings. The number of hydrogen-bond acceptors (Lipinski definition) is 3. The highest BCUT2D eigenvalue weighted by molar-refractivity contribution is 5.65. The number of likely N-dealkylation sites (N-methyl/N-ethyl adjacent to an activating group) is 1. The Morgan fingerprint density at radius 2 is 2.40 bits per heavy atom. The Hall–Kier alpha value is -1.51. The molecule has 1 aromatic carbocycles. The molecule has 1 aliphatic rings. The van der Waals surface area contributed by atoms with Crippen LogP contribution in [0.4, 0.5) is 5.69 Å². The topological polar surface area (TPSA) is 40.5 Å². The molecule has 0 amide bonds. The van der Waals surface area contributed by atoms with E-state index in [0.29, 0.717) is 6.42 Å². The van der Waals surface area contributed by atoms with E-state index in [1.165, 1.54) is 0 Å². The number of phenols is 1. The number of aldehydes is 1. The summed E-state index contributed by atoms with van der Waals surface area (Å²) in [6.45, 7) is 3.92. The zero-order valence-corrected chi connectivity index (χ0v) is 8.81. The molecule has 2 rings (SSSR count). The van der Waals surface area contributed by atoms with E-state index in [4.69, 9.17) is 0 Å². The van der Waals surface area contributed by atoms with Gasteiger partial charge in [-0.15, -0.1) is 0 Å². The summed E-state index contributed by atoms with van der Waals surface area (Å²) in [6, 6.07) is 5.41. The SMILES string of the molecule is CCN1CC(CC=O)c2cc(O)ccc21. The van der Waals surface area contributed by atoms with E-state index < -0.39 is 0 Å². The summed E-state index contributed by atoms with van der Waals surface area (Å²) in [5.74, 6) is 0.521. The van der Waals surface area contributed by atoms with Crippen molar-refractivity contribution in [2.75, 3.05) is 18.0 Å². The molecular weight excluding hydrogens is 190 g/mol. The van der Waals surface area contributed by atoms with Gasteiger partial charge in [-0.1, -0.05) is 0 Å². The molecule has 3 heteroatoms. The Labute approximate surface area is 89.3 Å². The maximum absolute atomic E-state index is 10.6. The molecule has 15 heavy (non-hydrogen) atoms. The van der Waals surface area contributed by atoms with Crippen LogP contribution in [0, 0.1) is 0 Å². The van der Waals surface area contributed by atoms with Crippen LogP contribution in [0.15, 0.2) is 18.2 Å². The third-order valence-corrected chi connectivity index (χ3v) is 2.99. The lowest BCUT2D eigenvalue weighted by molar-refractivity contribution is -0.108. The van der Waals surface area contributed by atoms with Crippen molar-refractivity contribution in [3.05, 3.63) is 23.8 Å². The number of hydrogen-bond donors (Lipinski definition) is 1. The zero-order chi connectivity index (χ0) is 10.8. The first-order valence-electron chi connectivity index (χ1n) is 5.27. The smallest absolute Gasteiger partial charge is 0.120 e. The molecule has 0 radical (unpaired) electrons. The van der Waals surface area contributed by atoms with E-state index in [1.807, 2.05) is 6.07 Å². The second-order valence-corrected chi connectivity index (χ2v) is 3.88. The van der Waals surface area contributed by atoms with Crippen molar-refractivity contribution in [2.24, 2.45) is 0 Å². The van der Waals surface area contributed by atoms with E-state index >= 15 is 0 Å². The highest BCUT2D eigenvalue weighted by atomic mass is 16.3. The van der Waals surface area contributed by atoms with Crippen LogP contribution in [0.2, 0.25) is 0 Å². The summed E-state index contributed by atoms with van der Waals surface area (Å²) in [5.41, 5.74) is 2.26. The summed E-state index contributed by atoms with van der Waals surface area (Å²) < 4.78 is 0. The number of nitrogens with zero attached hydrogens (tertiary/aromatic N) is 1. The predicted octanol–water partition coefficient (Wildman–Crippen LogP) is 1.90. The fourth-order valence-electron chi connectivity index (χ4n) is 2.24. The highest BCUT2D eigenvalue weighted by Crippen LogP contribution is 2.39. The monoisotopic (exact) mass is 205 g/mol. The Bertz CT molecular complexity index is 376. The predicted molar refractivity (Wildman–Crippen MR) is 59.4 cm³/mol. The lowest BCUT2D eigenvalue weighted by Gasteiger charge is -2.16. The van der Waals surface area contributed by atoms with E-state index in [9.17, 15) is 9.90 Å². The largest absolute Gasteiger partial charge is 0.508 e. The maximum Gasteiger partial charge on any atom is 0.120 e. The number of benzene rings is 1. The van der Waals surface area contributed by atoms with Crippen LogP contribution < -0.4 is 4.90 Å². The first-order chi connectivity index (χ1) is 7.26. The number of fused-ring (bicyclic) bond motifs is 1. The molecule has 0 fully saturated rings. The van der Waals surface area contributed by atoms with Crippen LogP contribution in [-0.4, -0.2) is 24.5 Å². The molecule has 0 saturated heterocycles. The van der Waals surface area contributed by atoms with E-state index in [1.54, 1.807) is 12.1 Å². The van der Waals surface area contributed by atoms with Crippen molar-refractivity contribution in [1.82, 2.24) is 0 Å². The van der Waals surface area contributed by atoms with Gasteiger partial charge in [0.05, 0.1) is 0 Å². The van der Waals surface area contributed by atoms with Crippen molar-refractivity contribution in [2.45, 2.75) is 19.3 Å². The lowest BCUT2D eigenvalue weighted by Crippen LogP contribution is -2.21. The molecule has 3 nitrogen and oxygen atoms in total. The van der Waals surface area contributed by atoms with Gasteiger partial charge in [0, 0.05) is 31.1 Å². The Morgan fingerprint density at radius 1 is 1.60 bits per heavy atom. The van der Waals surface area contributed by atoms with Crippen LogP contribution in [0.5, 0.6) is 5.75 Å². The van der Waals surface area contributed by atoms with Crippen molar-refractivity contribution in [3.8, 4) is 5.75 Å². The average Bonchev–Trinajstić information content (AvgIpc) is 2.57. The lowest BCUT2D eigenvalue weighted by atomic mass is 9.98. The van der Waals surface area contributed by atoms with Crippen molar-refractivity contribution < 1.29 is 9.90 Å². The molecule has 1 atom stereocenters. The summed E-state index contributed by atoms with van der Waals surface area (Å²) in [5, 5.41) is 9.43. The first kappa shape index (κ1) is 10.0. The van der Waals surface area contributed by atoms with Gasteiger partial charge in [-0.05, 0) is 30.7 Å². The van der Waals surface area contributed by atoms with Gasteiger partial charge in [0.2, 0.25) is 0 Å². The van der Waals surface area contributed by atoms with Gasteiger partial charge in [0.1, 0.15) is 12.0 Å². The van der Waals surface area contributed by atoms with Crippen molar-refractivity contribution in [1.29, 1.82) is 0 Å². The third kappa shape index (κ3) is 1.69. The number of carbonyl (C=O) groups is 1. The Balaban J connectivity index is 2.38. The van der Waals surface area contributed by atoms with Crippen LogP contribution in [0.3, 0.4) is 0 Å². The molecule has 1 aliphatic heterocycles. The quantitative estimate of drug-likeness (QED) is 0.766. The molecule has 1 N–H and O–H groups in total. The fraction of sp³-hybridized carbons (Fsp3) is 0.417. The van der Waals surface area contributed by atoms with Crippen molar-refractivity contribution in [3.63, 3.8) is 0 Å². The fourth-order valence-corrected chi connectivity index (χ4v) is 2.24. The number of carbonyl (C=O) groups excluding carboxylic acids is 1. The molecule has 0 bridgehead atoms. The molecular formula is C12H15NO2. The number of phenolic OH excluding ortho intramolecular Hbond substituents is 1. The Kier molecular flexibility index (Phi) is 2.62. The van der Waals surface area contributed by atoms with Crippen LogP contribution in [0.1, 0.15) is 24.8 Å². The number of anilines is 1. The molecule has 80 valence electrons. The molecule has 0 aliphatic carbocycles. The van der Waals surface area contributed by atoms with Gasteiger partial charge in [-0.25, -0.2) is 0 Å². The molecule has 1 heterocycles. The highest BCUT2D eigenvalue weighted by Gasteiger charge is 2.27.